The van der Waals surface area contributed by atoms with Crippen molar-refractivity contribution < 1.29 is 14.3 Å². The molecule has 27 heavy (non-hydrogen) atoms. The molecule has 3 heteroatoms. The molecule has 1 rings (SSSR count). The molecule has 0 saturated carbocycles. The van der Waals surface area contributed by atoms with Gasteiger partial charge in [0.1, 0.15) is 5.75 Å². The zero-order valence-corrected chi connectivity index (χ0v) is 18.8. The smallest absolute Gasteiger partial charge is 0.380 e. The number of ether oxygens (including phenoxy) is 1. The summed E-state index contributed by atoms with van der Waals surface area (Å²) in [5, 5.41) is 0. The van der Waals surface area contributed by atoms with Crippen LogP contribution in [0.5, 0.6) is 5.75 Å². The fourth-order valence-electron chi connectivity index (χ4n) is 4.70. The van der Waals surface area contributed by atoms with Gasteiger partial charge in [-0.05, 0) is 40.7 Å². The molecule has 0 amide bonds. The normalized spacial score (nSPS) is 12.6. The van der Waals surface area contributed by atoms with Crippen LogP contribution in [0.25, 0.3) is 0 Å². The van der Waals surface area contributed by atoms with Crippen LogP contribution in [0.2, 0.25) is 0 Å². The second-order valence-corrected chi connectivity index (χ2v) is 9.19. The van der Waals surface area contributed by atoms with Crippen molar-refractivity contribution in [2.24, 2.45) is 23.2 Å². The zero-order valence-electron chi connectivity index (χ0n) is 18.8. The summed E-state index contributed by atoms with van der Waals surface area (Å²) < 4.78 is 5.83. The number of carbonyl (C=O) groups is 2. The van der Waals surface area contributed by atoms with E-state index in [1.807, 2.05) is 59.7 Å². The minimum absolute atomic E-state index is 0.0439. The van der Waals surface area contributed by atoms with Crippen molar-refractivity contribution in [2.45, 2.75) is 81.1 Å². The van der Waals surface area contributed by atoms with Crippen molar-refractivity contribution in [1.29, 1.82) is 0 Å². The number of rotatable bonds is 8. The van der Waals surface area contributed by atoms with E-state index in [4.69, 9.17) is 4.74 Å². The number of para-hydroxylation sites is 1. The molecular formula is C24H38O3. The number of ketones is 1. The molecule has 0 heterocycles. The quantitative estimate of drug-likeness (QED) is 0.302. The Morgan fingerprint density at radius 1 is 0.741 bits per heavy atom. The lowest BCUT2D eigenvalue weighted by Gasteiger charge is -2.42. The maximum atomic E-state index is 13.4. The largest absolute Gasteiger partial charge is 0.420 e. The van der Waals surface area contributed by atoms with Gasteiger partial charge in [-0.15, -0.1) is 0 Å². The summed E-state index contributed by atoms with van der Waals surface area (Å²) in [6, 6.07) is 5.94. The average Bonchev–Trinajstić information content (AvgIpc) is 2.53. The summed E-state index contributed by atoms with van der Waals surface area (Å²) in [6.07, 6.45) is 0. The fourth-order valence-corrected chi connectivity index (χ4v) is 4.70. The molecule has 0 unspecified atom stereocenters. The second-order valence-electron chi connectivity index (χ2n) is 9.19. The topological polar surface area (TPSA) is 43.4 Å². The molecular weight excluding hydrogens is 336 g/mol. The Balaban J connectivity index is 3.42. The second kappa shape index (κ2) is 9.03. The Kier molecular flexibility index (Phi) is 7.83. The van der Waals surface area contributed by atoms with E-state index in [1.54, 1.807) is 0 Å². The molecule has 0 N–H and O–H groups in total. The highest BCUT2D eigenvalue weighted by molar-refractivity contribution is 6.36. The molecule has 152 valence electrons. The van der Waals surface area contributed by atoms with Crippen LogP contribution in [0.4, 0.5) is 0 Å². The van der Waals surface area contributed by atoms with Crippen molar-refractivity contribution in [1.82, 2.24) is 0 Å². The monoisotopic (exact) mass is 374 g/mol. The van der Waals surface area contributed by atoms with Crippen molar-refractivity contribution in [3.05, 3.63) is 29.3 Å². The molecule has 0 bridgehead atoms. The predicted octanol–water partition coefficient (Wildman–Crippen LogP) is 6.36. The van der Waals surface area contributed by atoms with Crippen LogP contribution in [-0.4, -0.2) is 11.8 Å². The maximum Gasteiger partial charge on any atom is 0.380 e. The number of Topliss-reactive ketones (excluding diaryl/α,β-unsaturated/α-hetero) is 1. The van der Waals surface area contributed by atoms with E-state index < -0.39 is 17.2 Å². The maximum absolute atomic E-state index is 13.4. The third-order valence-corrected chi connectivity index (χ3v) is 5.96. The van der Waals surface area contributed by atoms with E-state index in [1.165, 1.54) is 0 Å². The SMILES string of the molecule is CC(C)c1cccc(C(C)C)c1OC(=O)C(=O)C(C(C)C)(C(C)C)C(C)C. The Hall–Kier alpha value is -1.64. The van der Waals surface area contributed by atoms with Crippen LogP contribution in [-0.2, 0) is 9.59 Å². The van der Waals surface area contributed by atoms with E-state index >= 15 is 0 Å². The molecule has 0 radical (unpaired) electrons. The third kappa shape index (κ3) is 4.44. The number of hydrogen-bond donors (Lipinski definition) is 0. The molecule has 0 fully saturated rings. The van der Waals surface area contributed by atoms with Gasteiger partial charge >= 0.3 is 5.97 Å². The van der Waals surface area contributed by atoms with Crippen molar-refractivity contribution in [2.75, 3.05) is 0 Å². The summed E-state index contributed by atoms with van der Waals surface area (Å²) in [6.45, 7) is 20.4. The number of carbonyl (C=O) groups excluding carboxylic acids is 2. The average molecular weight is 375 g/mol. The molecule has 0 aromatic heterocycles. The lowest BCUT2D eigenvalue weighted by atomic mass is 9.59. The van der Waals surface area contributed by atoms with Crippen LogP contribution >= 0.6 is 0 Å². The van der Waals surface area contributed by atoms with Gasteiger partial charge in [-0.3, -0.25) is 4.79 Å². The Morgan fingerprint density at radius 3 is 1.41 bits per heavy atom. The molecule has 1 aromatic rings. The highest BCUT2D eigenvalue weighted by Crippen LogP contribution is 2.44. The van der Waals surface area contributed by atoms with Gasteiger partial charge < -0.3 is 4.74 Å². The van der Waals surface area contributed by atoms with Crippen LogP contribution in [0, 0.1) is 23.2 Å². The summed E-state index contributed by atoms with van der Waals surface area (Å²) in [7, 11) is 0. The van der Waals surface area contributed by atoms with E-state index in [2.05, 4.69) is 27.7 Å². The van der Waals surface area contributed by atoms with Gasteiger partial charge in [-0.25, -0.2) is 4.79 Å². The highest BCUT2D eigenvalue weighted by Gasteiger charge is 2.50. The van der Waals surface area contributed by atoms with Crippen molar-refractivity contribution >= 4 is 11.8 Å². The lowest BCUT2D eigenvalue weighted by molar-refractivity contribution is -0.158. The summed E-state index contributed by atoms with van der Waals surface area (Å²) in [5.74, 6) is -0.0476. The van der Waals surface area contributed by atoms with E-state index in [0.717, 1.165) is 11.1 Å². The third-order valence-electron chi connectivity index (χ3n) is 5.96. The van der Waals surface area contributed by atoms with Crippen LogP contribution in [0.15, 0.2) is 18.2 Å². The number of benzene rings is 1. The lowest BCUT2D eigenvalue weighted by Crippen LogP contribution is -2.50. The standard InChI is InChI=1S/C24H38O3/c1-14(2)19-12-11-13-20(15(3)4)21(19)27-23(26)22(25)24(16(5)6,17(7)8)18(9)10/h11-18H,1-10H3. The van der Waals surface area contributed by atoms with Crippen LogP contribution in [0.1, 0.15) is 92.2 Å². The predicted molar refractivity (Wildman–Crippen MR) is 112 cm³/mol. The van der Waals surface area contributed by atoms with Crippen LogP contribution in [0.3, 0.4) is 0 Å². The van der Waals surface area contributed by atoms with Gasteiger partial charge in [0.25, 0.3) is 0 Å². The molecule has 0 spiro atoms. The summed E-state index contributed by atoms with van der Waals surface area (Å²) >= 11 is 0. The number of hydrogen-bond acceptors (Lipinski definition) is 3. The van der Waals surface area contributed by atoms with Gasteiger partial charge in [-0.1, -0.05) is 87.4 Å². The Morgan fingerprint density at radius 2 is 1.11 bits per heavy atom. The molecule has 0 aliphatic rings. The van der Waals surface area contributed by atoms with E-state index in [9.17, 15) is 9.59 Å². The fraction of sp³-hybridized carbons (Fsp3) is 0.667. The minimum atomic E-state index is -0.735. The van der Waals surface area contributed by atoms with E-state index in [-0.39, 0.29) is 29.6 Å². The van der Waals surface area contributed by atoms with E-state index in [0.29, 0.717) is 5.75 Å². The van der Waals surface area contributed by atoms with Gasteiger partial charge in [0.05, 0.1) is 0 Å². The summed E-state index contributed by atoms with van der Waals surface area (Å²) in [4.78, 5) is 26.4. The first-order chi connectivity index (χ1) is 12.4. The molecule has 1 aromatic carbocycles. The summed E-state index contributed by atoms with van der Waals surface area (Å²) in [5.41, 5.74) is 1.19. The van der Waals surface area contributed by atoms with Crippen molar-refractivity contribution in [3.8, 4) is 5.75 Å². The first-order valence-electron chi connectivity index (χ1n) is 10.3. The number of esters is 1. The van der Waals surface area contributed by atoms with Gasteiger partial charge in [0.2, 0.25) is 5.78 Å². The molecule has 0 saturated heterocycles. The molecule has 0 atom stereocenters. The highest BCUT2D eigenvalue weighted by atomic mass is 16.5. The first kappa shape index (κ1) is 23.4. The Labute approximate surface area is 165 Å². The minimum Gasteiger partial charge on any atom is -0.420 e. The van der Waals surface area contributed by atoms with Crippen molar-refractivity contribution in [3.63, 3.8) is 0 Å². The first-order valence-corrected chi connectivity index (χ1v) is 10.3. The Bertz CT molecular complexity index is 618. The molecule has 0 aliphatic heterocycles. The van der Waals surface area contributed by atoms with Crippen LogP contribution < -0.4 is 4.74 Å². The van der Waals surface area contributed by atoms with Gasteiger partial charge in [-0.2, -0.15) is 0 Å². The molecule has 3 nitrogen and oxygen atoms in total. The van der Waals surface area contributed by atoms with Gasteiger partial charge in [0, 0.05) is 5.41 Å². The zero-order chi connectivity index (χ0) is 21.1. The molecule has 0 aliphatic carbocycles. The van der Waals surface area contributed by atoms with Gasteiger partial charge in [0.15, 0.2) is 0 Å².